The number of hydrogen-bond donors (Lipinski definition) is 6. The van der Waals surface area contributed by atoms with Crippen molar-refractivity contribution in [2.75, 3.05) is 24.7 Å². The Morgan fingerprint density at radius 2 is 1.23 bits per heavy atom. The van der Waals surface area contributed by atoms with Crippen molar-refractivity contribution < 1.29 is 10.2 Å². The molecule has 6 nitrogen and oxygen atoms in total. The highest BCUT2D eigenvalue weighted by Crippen LogP contribution is 2.42. The molecule has 0 spiro atoms. The molecule has 0 aliphatic heterocycles. The van der Waals surface area contributed by atoms with E-state index >= 15 is 0 Å². The molecule has 0 aliphatic rings. The van der Waals surface area contributed by atoms with Crippen LogP contribution >= 0.6 is 0 Å². The highest BCUT2D eigenvalue weighted by Gasteiger charge is 2.24. The molecule has 0 aliphatic carbocycles. The van der Waals surface area contributed by atoms with Gasteiger partial charge in [0.1, 0.15) is 0 Å². The van der Waals surface area contributed by atoms with Gasteiger partial charge in [0.2, 0.25) is 0 Å². The number of phenolic OH excluding ortho intramolecular Hbond substituents is 2. The van der Waals surface area contributed by atoms with Gasteiger partial charge in [-0.05, 0) is 53.1 Å². The predicted molar refractivity (Wildman–Crippen MR) is 126 cm³/mol. The number of nitrogens with one attached hydrogen (secondary N) is 4. The summed E-state index contributed by atoms with van der Waals surface area (Å²) in [5.74, 6) is -0.398. The summed E-state index contributed by atoms with van der Waals surface area (Å²) in [4.78, 5) is 6.79. The molecule has 0 radical (unpaired) electrons. The van der Waals surface area contributed by atoms with Crippen LogP contribution in [0.4, 0.5) is 11.4 Å². The molecule has 0 fully saturated rings. The number of benzene rings is 3. The lowest BCUT2D eigenvalue weighted by molar-refractivity contribution is 0.403. The number of phenols is 2. The molecule has 0 atom stereocenters. The van der Waals surface area contributed by atoms with Crippen molar-refractivity contribution in [3.05, 3.63) is 83.7 Å². The summed E-state index contributed by atoms with van der Waals surface area (Å²) in [7, 11) is 3.80. The molecule has 0 saturated heterocycles. The minimum atomic E-state index is -0.144. The molecule has 0 unspecified atom stereocenters. The molecule has 5 aromatic rings. The number of aromatic amines is 2. The third-order valence-corrected chi connectivity index (χ3v) is 5.96. The van der Waals surface area contributed by atoms with Crippen LogP contribution in [0.2, 0.25) is 0 Å². The van der Waals surface area contributed by atoms with Crippen LogP contribution in [0.5, 0.6) is 11.5 Å². The van der Waals surface area contributed by atoms with Gasteiger partial charge in [0.15, 0.2) is 11.5 Å². The lowest BCUT2D eigenvalue weighted by atomic mass is 9.84. The van der Waals surface area contributed by atoms with E-state index in [1.165, 1.54) is 0 Å². The third kappa shape index (κ3) is 3.13. The standard InChI is InChI=1S/C25H24N4O2/c1-26-15-4-6-17-19(12-28-21(17)10-15)25(14-3-8-23(30)24(31)9-14)20-13-29-22-11-16(27-2)5-7-18(20)22/h3-13,25-31H,1-2H3. The summed E-state index contributed by atoms with van der Waals surface area (Å²) in [5, 5.41) is 28.7. The van der Waals surface area contributed by atoms with Crippen LogP contribution in [-0.2, 0) is 0 Å². The lowest BCUT2D eigenvalue weighted by Crippen LogP contribution is -2.02. The van der Waals surface area contributed by atoms with Crippen LogP contribution in [-0.4, -0.2) is 34.3 Å². The second-order valence-electron chi connectivity index (χ2n) is 7.69. The molecule has 156 valence electrons. The number of rotatable bonds is 5. The Balaban J connectivity index is 1.76. The van der Waals surface area contributed by atoms with Crippen molar-refractivity contribution in [3.8, 4) is 11.5 Å². The maximum atomic E-state index is 10.2. The van der Waals surface area contributed by atoms with Crippen molar-refractivity contribution in [2.24, 2.45) is 0 Å². The van der Waals surface area contributed by atoms with E-state index in [0.717, 1.165) is 49.9 Å². The smallest absolute Gasteiger partial charge is 0.157 e. The minimum Gasteiger partial charge on any atom is -0.504 e. The van der Waals surface area contributed by atoms with Gasteiger partial charge in [0, 0.05) is 65.6 Å². The van der Waals surface area contributed by atoms with Gasteiger partial charge in [-0.15, -0.1) is 0 Å². The molecule has 0 saturated carbocycles. The van der Waals surface area contributed by atoms with Crippen molar-refractivity contribution in [3.63, 3.8) is 0 Å². The summed E-state index contributed by atoms with van der Waals surface area (Å²) in [6.45, 7) is 0. The first-order valence-electron chi connectivity index (χ1n) is 10.2. The highest BCUT2D eigenvalue weighted by atomic mass is 16.3. The van der Waals surface area contributed by atoms with Crippen LogP contribution in [0.25, 0.3) is 21.8 Å². The fourth-order valence-corrected chi connectivity index (χ4v) is 4.33. The molecule has 2 heterocycles. The van der Waals surface area contributed by atoms with Crippen LogP contribution in [0, 0.1) is 0 Å². The van der Waals surface area contributed by atoms with Crippen molar-refractivity contribution in [1.82, 2.24) is 9.97 Å². The van der Waals surface area contributed by atoms with Gasteiger partial charge in [-0.2, -0.15) is 0 Å². The number of aromatic nitrogens is 2. The van der Waals surface area contributed by atoms with Crippen molar-refractivity contribution >= 4 is 33.2 Å². The second-order valence-corrected chi connectivity index (χ2v) is 7.69. The Morgan fingerprint density at radius 1 is 0.677 bits per heavy atom. The zero-order chi connectivity index (χ0) is 21.5. The summed E-state index contributed by atoms with van der Waals surface area (Å²) in [6.07, 6.45) is 4.05. The average Bonchev–Trinajstić information content (AvgIpc) is 3.40. The molecular weight excluding hydrogens is 388 g/mol. The topological polar surface area (TPSA) is 96.1 Å². The summed E-state index contributed by atoms with van der Waals surface area (Å²) >= 11 is 0. The summed E-state index contributed by atoms with van der Waals surface area (Å²) in [5.41, 5.74) is 7.23. The molecule has 2 aromatic heterocycles. The lowest BCUT2D eigenvalue weighted by Gasteiger charge is -2.18. The number of H-pyrrole nitrogens is 2. The Bertz CT molecular complexity index is 1320. The Kier molecular flexibility index (Phi) is 4.47. The van der Waals surface area contributed by atoms with E-state index in [0.29, 0.717) is 0 Å². The van der Waals surface area contributed by atoms with E-state index in [1.54, 1.807) is 12.1 Å². The largest absolute Gasteiger partial charge is 0.504 e. The zero-order valence-electron chi connectivity index (χ0n) is 17.3. The normalized spacial score (nSPS) is 11.5. The van der Waals surface area contributed by atoms with Crippen LogP contribution in [0.1, 0.15) is 22.6 Å². The van der Waals surface area contributed by atoms with Gasteiger partial charge in [-0.25, -0.2) is 0 Å². The first-order valence-corrected chi connectivity index (χ1v) is 10.2. The van der Waals surface area contributed by atoms with Gasteiger partial charge in [0.05, 0.1) is 0 Å². The molecule has 31 heavy (non-hydrogen) atoms. The first-order chi connectivity index (χ1) is 15.1. The quantitative estimate of drug-likeness (QED) is 0.220. The Hall–Kier alpha value is -4.06. The number of fused-ring (bicyclic) bond motifs is 2. The van der Waals surface area contributed by atoms with Gasteiger partial charge in [-0.3, -0.25) is 0 Å². The number of hydrogen-bond acceptors (Lipinski definition) is 4. The third-order valence-electron chi connectivity index (χ3n) is 5.96. The molecule has 6 heteroatoms. The number of aromatic hydroxyl groups is 2. The fraction of sp³-hybridized carbons (Fsp3) is 0.120. The monoisotopic (exact) mass is 412 g/mol. The summed E-state index contributed by atoms with van der Waals surface area (Å²) in [6, 6.07) is 17.5. The van der Waals surface area contributed by atoms with Crippen LogP contribution < -0.4 is 10.6 Å². The van der Waals surface area contributed by atoms with E-state index in [-0.39, 0.29) is 17.4 Å². The van der Waals surface area contributed by atoms with Crippen molar-refractivity contribution in [1.29, 1.82) is 0 Å². The summed E-state index contributed by atoms with van der Waals surface area (Å²) < 4.78 is 0. The second kappa shape index (κ2) is 7.32. The van der Waals surface area contributed by atoms with E-state index in [1.807, 2.05) is 32.6 Å². The van der Waals surface area contributed by atoms with E-state index in [2.05, 4.69) is 57.0 Å². The molecule has 5 rings (SSSR count). The van der Waals surface area contributed by atoms with E-state index < -0.39 is 0 Å². The molecule has 0 bridgehead atoms. The minimum absolute atomic E-state index is 0.127. The molecule has 3 aromatic carbocycles. The van der Waals surface area contributed by atoms with E-state index in [4.69, 9.17) is 0 Å². The van der Waals surface area contributed by atoms with Gasteiger partial charge >= 0.3 is 0 Å². The number of anilines is 2. The molecule has 6 N–H and O–H groups in total. The Morgan fingerprint density at radius 3 is 1.71 bits per heavy atom. The van der Waals surface area contributed by atoms with E-state index in [9.17, 15) is 10.2 Å². The van der Waals surface area contributed by atoms with Gasteiger partial charge in [0.25, 0.3) is 0 Å². The first kappa shape index (κ1) is 18.9. The maximum absolute atomic E-state index is 10.2. The van der Waals surface area contributed by atoms with Gasteiger partial charge in [-0.1, -0.05) is 18.2 Å². The van der Waals surface area contributed by atoms with Crippen LogP contribution in [0.15, 0.2) is 67.0 Å². The molecular formula is C25H24N4O2. The predicted octanol–water partition coefficient (Wildman–Crippen LogP) is 5.32. The van der Waals surface area contributed by atoms with Crippen LogP contribution in [0.3, 0.4) is 0 Å². The van der Waals surface area contributed by atoms with Gasteiger partial charge < -0.3 is 30.8 Å². The fourth-order valence-electron chi connectivity index (χ4n) is 4.33. The maximum Gasteiger partial charge on any atom is 0.157 e. The Labute approximate surface area is 179 Å². The SMILES string of the molecule is CNc1ccc2c(C(c3ccc(O)c(O)c3)c3c[nH]c4cc(NC)ccc34)c[nH]c2c1. The average molecular weight is 412 g/mol. The molecule has 0 amide bonds. The van der Waals surface area contributed by atoms with Crippen molar-refractivity contribution in [2.45, 2.75) is 5.92 Å². The zero-order valence-corrected chi connectivity index (χ0v) is 17.3. The highest BCUT2D eigenvalue weighted by molar-refractivity contribution is 5.91.